The van der Waals surface area contributed by atoms with E-state index in [4.69, 9.17) is 4.74 Å². The number of amides is 2. The molecule has 2 saturated carbocycles. The van der Waals surface area contributed by atoms with Gasteiger partial charge in [0.15, 0.2) is 0 Å². The van der Waals surface area contributed by atoms with Crippen molar-refractivity contribution in [2.45, 2.75) is 16.9 Å². The SMILES string of the molecule is COc1cccc(N2C(=O)C3C4CC(C(S)C4S)C3C2=O)c1. The van der Waals surface area contributed by atoms with Crippen LogP contribution in [0.1, 0.15) is 6.42 Å². The molecule has 3 aliphatic rings. The van der Waals surface area contributed by atoms with Crippen LogP contribution in [0.4, 0.5) is 5.69 Å². The van der Waals surface area contributed by atoms with Gasteiger partial charge in [0.1, 0.15) is 5.75 Å². The number of carbonyl (C=O) groups excluding carboxylic acids is 2. The monoisotopic (exact) mass is 335 g/mol. The van der Waals surface area contributed by atoms with E-state index in [0.29, 0.717) is 11.4 Å². The molecule has 4 rings (SSSR count). The van der Waals surface area contributed by atoms with Crippen molar-refractivity contribution in [1.29, 1.82) is 0 Å². The molecule has 116 valence electrons. The number of fused-ring (bicyclic) bond motifs is 5. The minimum Gasteiger partial charge on any atom is -0.497 e. The van der Waals surface area contributed by atoms with Crippen molar-refractivity contribution in [1.82, 2.24) is 0 Å². The fraction of sp³-hybridized carbons (Fsp3) is 0.500. The highest BCUT2D eigenvalue weighted by molar-refractivity contribution is 7.85. The lowest BCUT2D eigenvalue weighted by atomic mass is 9.80. The van der Waals surface area contributed by atoms with Crippen molar-refractivity contribution in [3.63, 3.8) is 0 Å². The Labute approximate surface area is 140 Å². The maximum absolute atomic E-state index is 12.8. The molecule has 0 N–H and O–H groups in total. The highest BCUT2D eigenvalue weighted by atomic mass is 32.1. The summed E-state index contributed by atoms with van der Waals surface area (Å²) in [5, 5.41) is 0.188. The molecule has 0 radical (unpaired) electrons. The lowest BCUT2D eigenvalue weighted by Gasteiger charge is -2.30. The summed E-state index contributed by atoms with van der Waals surface area (Å²) in [5.41, 5.74) is 0.592. The summed E-state index contributed by atoms with van der Waals surface area (Å²) in [5.74, 6) is 0.326. The molecule has 1 aliphatic heterocycles. The number of methoxy groups -OCH3 is 1. The summed E-state index contributed by atoms with van der Waals surface area (Å²) in [6.45, 7) is 0. The minimum atomic E-state index is -0.227. The molecule has 4 nitrogen and oxygen atoms in total. The van der Waals surface area contributed by atoms with Gasteiger partial charge in [0.25, 0.3) is 0 Å². The maximum atomic E-state index is 12.8. The predicted molar refractivity (Wildman–Crippen MR) is 89.6 cm³/mol. The van der Waals surface area contributed by atoms with Gasteiger partial charge in [-0.05, 0) is 30.4 Å². The quantitative estimate of drug-likeness (QED) is 0.642. The Kier molecular flexibility index (Phi) is 3.24. The van der Waals surface area contributed by atoms with Crippen LogP contribution in [-0.2, 0) is 9.59 Å². The fourth-order valence-electron chi connectivity index (χ4n) is 4.43. The van der Waals surface area contributed by atoms with E-state index in [1.807, 2.05) is 0 Å². The number of ether oxygens (including phenoxy) is 1. The third kappa shape index (κ3) is 1.74. The Morgan fingerprint density at radius 1 is 1.09 bits per heavy atom. The van der Waals surface area contributed by atoms with Crippen molar-refractivity contribution >= 4 is 42.8 Å². The van der Waals surface area contributed by atoms with Crippen LogP contribution in [-0.4, -0.2) is 29.4 Å². The number of anilines is 1. The summed E-state index contributed by atoms with van der Waals surface area (Å²) in [7, 11) is 1.57. The summed E-state index contributed by atoms with van der Waals surface area (Å²) in [4.78, 5) is 27.0. The third-order valence-corrected chi connectivity index (χ3v) is 7.05. The largest absolute Gasteiger partial charge is 0.497 e. The first kappa shape index (κ1) is 14.5. The lowest BCUT2D eigenvalue weighted by Crippen LogP contribution is -2.38. The molecule has 1 saturated heterocycles. The first-order valence-corrected chi connectivity index (χ1v) is 8.46. The highest BCUT2D eigenvalue weighted by Crippen LogP contribution is 2.59. The Balaban J connectivity index is 1.72. The van der Waals surface area contributed by atoms with Crippen LogP contribution in [0.2, 0.25) is 0 Å². The van der Waals surface area contributed by atoms with Crippen molar-refractivity contribution in [2.75, 3.05) is 12.0 Å². The van der Waals surface area contributed by atoms with Gasteiger partial charge < -0.3 is 4.74 Å². The zero-order valence-electron chi connectivity index (χ0n) is 12.0. The van der Waals surface area contributed by atoms with Gasteiger partial charge in [-0.3, -0.25) is 9.59 Å². The molecule has 2 aliphatic carbocycles. The van der Waals surface area contributed by atoms with Gasteiger partial charge in [0.05, 0.1) is 24.6 Å². The molecule has 1 aromatic rings. The number of rotatable bonds is 2. The lowest BCUT2D eigenvalue weighted by molar-refractivity contribution is -0.123. The Hall–Kier alpha value is -1.14. The van der Waals surface area contributed by atoms with Crippen LogP contribution < -0.4 is 9.64 Å². The smallest absolute Gasteiger partial charge is 0.238 e. The summed E-state index contributed by atoms with van der Waals surface area (Å²) in [6.07, 6.45) is 0.890. The average molecular weight is 335 g/mol. The summed E-state index contributed by atoms with van der Waals surface area (Å²) >= 11 is 9.23. The van der Waals surface area contributed by atoms with Crippen LogP contribution in [0.5, 0.6) is 5.75 Å². The van der Waals surface area contributed by atoms with Gasteiger partial charge in [-0.25, -0.2) is 4.90 Å². The van der Waals surface area contributed by atoms with E-state index >= 15 is 0 Å². The van der Waals surface area contributed by atoms with Gasteiger partial charge >= 0.3 is 0 Å². The van der Waals surface area contributed by atoms with E-state index in [1.54, 1.807) is 31.4 Å². The van der Waals surface area contributed by atoms with Crippen LogP contribution in [0.25, 0.3) is 0 Å². The van der Waals surface area contributed by atoms with E-state index in [0.717, 1.165) is 6.42 Å². The fourth-order valence-corrected chi connectivity index (χ4v) is 5.49. The van der Waals surface area contributed by atoms with Crippen LogP contribution in [0.3, 0.4) is 0 Å². The van der Waals surface area contributed by atoms with Crippen LogP contribution >= 0.6 is 25.3 Å². The molecule has 3 fully saturated rings. The normalized spacial score (nSPS) is 39.5. The molecule has 1 heterocycles. The van der Waals surface area contributed by atoms with E-state index in [9.17, 15) is 9.59 Å². The standard InChI is InChI=1S/C16H17NO3S2/c1-20-8-4-2-3-7(5-8)17-15(18)11-9-6-10(12(11)16(17)19)14(22)13(9)21/h2-5,9-14,21-22H,6H2,1H3. The van der Waals surface area contributed by atoms with Crippen molar-refractivity contribution < 1.29 is 14.3 Å². The van der Waals surface area contributed by atoms with Gasteiger partial charge in [0, 0.05) is 16.6 Å². The molecule has 2 amide bonds. The molecule has 22 heavy (non-hydrogen) atoms. The number of imide groups is 1. The Morgan fingerprint density at radius 3 is 2.23 bits per heavy atom. The molecule has 6 heteroatoms. The number of nitrogens with zero attached hydrogens (tertiary/aromatic N) is 1. The summed E-state index contributed by atoms with van der Waals surface area (Å²) in [6, 6.07) is 7.10. The number of hydrogen-bond acceptors (Lipinski definition) is 5. The zero-order valence-corrected chi connectivity index (χ0v) is 13.8. The predicted octanol–water partition coefficient (Wildman–Crippen LogP) is 2.05. The van der Waals surface area contributed by atoms with Gasteiger partial charge in [-0.15, -0.1) is 0 Å². The number of hydrogen-bond donors (Lipinski definition) is 2. The second-order valence-electron chi connectivity index (χ2n) is 6.31. The Morgan fingerprint density at radius 2 is 1.68 bits per heavy atom. The van der Waals surface area contributed by atoms with Crippen LogP contribution in [0, 0.1) is 23.7 Å². The first-order valence-electron chi connectivity index (χ1n) is 7.42. The maximum Gasteiger partial charge on any atom is 0.238 e. The average Bonchev–Trinajstić information content (AvgIpc) is 3.12. The molecule has 6 atom stereocenters. The molecular formula is C16H17NO3S2. The zero-order chi connectivity index (χ0) is 15.6. The Bertz CT molecular complexity index is 633. The van der Waals surface area contributed by atoms with Crippen molar-refractivity contribution in [3.05, 3.63) is 24.3 Å². The highest BCUT2D eigenvalue weighted by Gasteiger charge is 2.66. The topological polar surface area (TPSA) is 46.6 Å². The minimum absolute atomic E-state index is 0.0879. The molecular weight excluding hydrogens is 318 g/mol. The number of benzene rings is 1. The first-order chi connectivity index (χ1) is 10.5. The van der Waals surface area contributed by atoms with Crippen LogP contribution in [0.15, 0.2) is 24.3 Å². The van der Waals surface area contributed by atoms with Crippen molar-refractivity contribution in [3.8, 4) is 5.75 Å². The van der Waals surface area contributed by atoms with E-state index in [2.05, 4.69) is 25.3 Å². The van der Waals surface area contributed by atoms with E-state index in [1.165, 1.54) is 4.90 Å². The third-order valence-electron chi connectivity index (χ3n) is 5.40. The molecule has 1 aromatic carbocycles. The number of thiol groups is 2. The molecule has 0 spiro atoms. The second-order valence-corrected chi connectivity index (χ2v) is 7.50. The van der Waals surface area contributed by atoms with Gasteiger partial charge in [-0.2, -0.15) is 25.3 Å². The molecule has 2 bridgehead atoms. The van der Waals surface area contributed by atoms with Crippen molar-refractivity contribution in [2.24, 2.45) is 23.7 Å². The van der Waals surface area contributed by atoms with E-state index in [-0.39, 0.29) is 46.0 Å². The van der Waals surface area contributed by atoms with Gasteiger partial charge in [0.2, 0.25) is 11.8 Å². The summed E-state index contributed by atoms with van der Waals surface area (Å²) < 4.78 is 5.19. The second kappa shape index (κ2) is 4.93. The number of carbonyl (C=O) groups is 2. The van der Waals surface area contributed by atoms with Gasteiger partial charge in [-0.1, -0.05) is 6.07 Å². The van der Waals surface area contributed by atoms with E-state index < -0.39 is 0 Å². The molecule has 0 aromatic heterocycles. The molecule has 6 unspecified atom stereocenters.